The zero-order valence-corrected chi connectivity index (χ0v) is 7.81. The highest BCUT2D eigenvalue weighted by atomic mass is 35.5. The molecule has 0 bridgehead atoms. The number of aromatic amines is 1. The smallest absolute Gasteiger partial charge is 0.293 e. The minimum absolute atomic E-state index is 0. The summed E-state index contributed by atoms with van der Waals surface area (Å²) in [6.45, 7) is 0. The fourth-order valence-electron chi connectivity index (χ4n) is 0.998. The minimum atomic E-state index is 0. The summed E-state index contributed by atoms with van der Waals surface area (Å²) in [4.78, 5) is 0. The third-order valence-corrected chi connectivity index (χ3v) is 1.65. The largest absolute Gasteiger partial charge is 1.00 e. The van der Waals surface area contributed by atoms with Gasteiger partial charge in [0.05, 0.1) is 11.6 Å². The molecule has 0 unspecified atom stereocenters. The average Bonchev–Trinajstić information content (AvgIpc) is 2.71. The van der Waals surface area contributed by atoms with Gasteiger partial charge in [-0.3, -0.25) is 0 Å². The van der Waals surface area contributed by atoms with Gasteiger partial charge in [0.2, 0.25) is 0 Å². The first kappa shape index (κ1) is 10.2. The predicted molar refractivity (Wildman–Crippen MR) is 42.6 cm³/mol. The van der Waals surface area contributed by atoms with Gasteiger partial charge in [-0.1, -0.05) is 5.21 Å². The number of halogens is 1. The molecule has 0 aliphatic heterocycles. The maximum Gasteiger partial charge on any atom is 0.293 e. The monoisotopic (exact) mass is 207 g/mol. The lowest BCUT2D eigenvalue weighted by Gasteiger charge is -1.93. The maximum atomic E-state index is 8.57. The summed E-state index contributed by atoms with van der Waals surface area (Å²) in [5.41, 5.74) is 1.53. The number of hydrogen-bond acceptors (Lipinski definition) is 3. The van der Waals surface area contributed by atoms with Crippen LogP contribution in [0.25, 0.3) is 5.69 Å². The number of nitrogens with zero attached hydrogens (tertiary/aromatic N) is 4. The Morgan fingerprint density at radius 2 is 2.00 bits per heavy atom. The van der Waals surface area contributed by atoms with Gasteiger partial charge in [-0.05, 0) is 24.3 Å². The van der Waals surface area contributed by atoms with Crippen LogP contribution in [-0.2, 0) is 0 Å². The molecule has 1 aromatic heterocycles. The van der Waals surface area contributed by atoms with Gasteiger partial charge in [-0.25, -0.2) is 0 Å². The van der Waals surface area contributed by atoms with E-state index in [1.807, 2.05) is 18.2 Å². The van der Waals surface area contributed by atoms with Crippen molar-refractivity contribution in [1.82, 2.24) is 15.5 Å². The number of nitrogens with one attached hydrogen (secondary N) is 1. The van der Waals surface area contributed by atoms with Gasteiger partial charge in [-0.15, -0.1) is 4.68 Å². The Bertz CT molecular complexity index is 428. The van der Waals surface area contributed by atoms with Crippen LogP contribution >= 0.6 is 0 Å². The Morgan fingerprint density at radius 1 is 1.29 bits per heavy atom. The summed E-state index contributed by atoms with van der Waals surface area (Å²) >= 11 is 0. The Hall–Kier alpha value is -1.93. The van der Waals surface area contributed by atoms with E-state index in [0.717, 1.165) is 5.69 Å². The standard InChI is InChI=1S/C8H5N5.ClH/c9-5-7-1-3-8(4-2-7)13-6-10-11-12-13;/h1-4,6H;1H. The number of hydrogen-bond donors (Lipinski definition) is 1. The molecule has 0 atom stereocenters. The lowest BCUT2D eigenvalue weighted by Crippen LogP contribution is -3.00. The maximum absolute atomic E-state index is 8.57. The van der Waals surface area contributed by atoms with Gasteiger partial charge >= 0.3 is 0 Å². The molecule has 0 fully saturated rings. The molecular weight excluding hydrogens is 202 g/mol. The number of nitriles is 1. The van der Waals surface area contributed by atoms with E-state index in [2.05, 4.69) is 15.5 Å². The first-order valence-electron chi connectivity index (χ1n) is 3.68. The molecule has 1 heterocycles. The van der Waals surface area contributed by atoms with Crippen molar-refractivity contribution in [2.75, 3.05) is 0 Å². The molecule has 0 amide bonds. The van der Waals surface area contributed by atoms with Crippen molar-refractivity contribution in [1.29, 1.82) is 5.26 Å². The van der Waals surface area contributed by atoms with E-state index in [-0.39, 0.29) is 12.4 Å². The number of H-pyrrole nitrogens is 1. The van der Waals surface area contributed by atoms with E-state index in [4.69, 9.17) is 5.26 Å². The molecule has 70 valence electrons. The van der Waals surface area contributed by atoms with Gasteiger partial charge in [0.1, 0.15) is 10.8 Å². The summed E-state index contributed by atoms with van der Waals surface area (Å²) in [6, 6.07) is 9.16. The molecule has 1 aromatic carbocycles. The lowest BCUT2D eigenvalue weighted by molar-refractivity contribution is -0.660. The van der Waals surface area contributed by atoms with Crippen LogP contribution < -0.4 is 17.1 Å². The quantitative estimate of drug-likeness (QED) is 0.506. The van der Waals surface area contributed by atoms with Gasteiger partial charge in [-0.2, -0.15) is 5.26 Å². The second kappa shape index (κ2) is 4.35. The first-order valence-corrected chi connectivity index (χ1v) is 3.68. The van der Waals surface area contributed by atoms with Crippen molar-refractivity contribution in [2.45, 2.75) is 0 Å². The van der Waals surface area contributed by atoms with Crippen LogP contribution in [0.3, 0.4) is 0 Å². The van der Waals surface area contributed by atoms with Crippen molar-refractivity contribution in [3.05, 3.63) is 36.2 Å². The molecule has 0 saturated carbocycles. The molecule has 2 rings (SSSR count). The van der Waals surface area contributed by atoms with Crippen LogP contribution in [0.4, 0.5) is 0 Å². The third-order valence-electron chi connectivity index (χ3n) is 1.65. The summed E-state index contributed by atoms with van der Waals surface area (Å²) in [5, 5.41) is 18.4. The summed E-state index contributed by atoms with van der Waals surface area (Å²) in [6.07, 6.45) is 1.56. The van der Waals surface area contributed by atoms with Crippen molar-refractivity contribution in [3.8, 4) is 11.8 Å². The second-order valence-electron chi connectivity index (χ2n) is 2.46. The second-order valence-corrected chi connectivity index (χ2v) is 2.46. The minimum Gasteiger partial charge on any atom is -1.00 e. The van der Waals surface area contributed by atoms with E-state index in [1.54, 1.807) is 23.1 Å². The van der Waals surface area contributed by atoms with Crippen LogP contribution in [0.2, 0.25) is 0 Å². The van der Waals surface area contributed by atoms with Gasteiger partial charge in [0.25, 0.3) is 6.33 Å². The summed E-state index contributed by atoms with van der Waals surface area (Å²) < 4.78 is 1.65. The number of aromatic nitrogens is 4. The average molecular weight is 208 g/mol. The van der Waals surface area contributed by atoms with Crippen LogP contribution in [0.1, 0.15) is 5.56 Å². The molecule has 6 heteroatoms. The van der Waals surface area contributed by atoms with Gasteiger partial charge < -0.3 is 12.4 Å². The Balaban J connectivity index is 0.000000980. The predicted octanol–water partition coefficient (Wildman–Crippen LogP) is -3.04. The molecule has 0 aliphatic carbocycles. The molecule has 2 aromatic rings. The van der Waals surface area contributed by atoms with Crippen LogP contribution in [-0.4, -0.2) is 15.5 Å². The van der Waals surface area contributed by atoms with Gasteiger partial charge in [0.15, 0.2) is 5.21 Å². The molecule has 0 saturated heterocycles. The molecule has 14 heavy (non-hydrogen) atoms. The fraction of sp³-hybridized carbons (Fsp3) is 0. The Kier molecular flexibility index (Phi) is 3.15. The van der Waals surface area contributed by atoms with Crippen molar-refractivity contribution >= 4 is 0 Å². The zero-order chi connectivity index (χ0) is 9.10. The van der Waals surface area contributed by atoms with Crippen LogP contribution in [0.15, 0.2) is 30.6 Å². The topological polar surface area (TPSA) is 69.2 Å². The highest BCUT2D eigenvalue weighted by Crippen LogP contribution is 2.00. The zero-order valence-electron chi connectivity index (χ0n) is 7.05. The molecule has 0 radical (unpaired) electrons. The van der Waals surface area contributed by atoms with E-state index in [0.29, 0.717) is 5.56 Å². The van der Waals surface area contributed by atoms with E-state index in [1.165, 1.54) is 0 Å². The van der Waals surface area contributed by atoms with E-state index >= 15 is 0 Å². The van der Waals surface area contributed by atoms with E-state index in [9.17, 15) is 0 Å². The number of benzene rings is 1. The molecule has 0 spiro atoms. The fourth-order valence-corrected chi connectivity index (χ4v) is 0.998. The third kappa shape index (κ3) is 1.87. The molecular formula is C8H6ClN5. The molecule has 5 nitrogen and oxygen atoms in total. The Morgan fingerprint density at radius 3 is 2.50 bits per heavy atom. The van der Waals surface area contributed by atoms with Crippen molar-refractivity contribution < 1.29 is 17.1 Å². The molecule has 1 N–H and O–H groups in total. The van der Waals surface area contributed by atoms with E-state index < -0.39 is 0 Å². The Labute approximate surface area is 86.4 Å². The number of tetrazole rings is 1. The highest BCUT2D eigenvalue weighted by molar-refractivity contribution is 5.34. The van der Waals surface area contributed by atoms with Crippen LogP contribution in [0.5, 0.6) is 0 Å². The normalized spacial score (nSPS) is 8.79. The van der Waals surface area contributed by atoms with Crippen molar-refractivity contribution in [3.63, 3.8) is 0 Å². The highest BCUT2D eigenvalue weighted by Gasteiger charge is 2.02. The first-order chi connectivity index (χ1) is 6.40. The van der Waals surface area contributed by atoms with Crippen LogP contribution in [0, 0.1) is 11.3 Å². The number of rotatable bonds is 1. The van der Waals surface area contributed by atoms with Crippen molar-refractivity contribution in [2.24, 2.45) is 0 Å². The summed E-state index contributed by atoms with van der Waals surface area (Å²) in [7, 11) is 0. The summed E-state index contributed by atoms with van der Waals surface area (Å²) in [5.74, 6) is 0. The molecule has 0 aliphatic rings. The van der Waals surface area contributed by atoms with Gasteiger partial charge in [0, 0.05) is 0 Å². The lowest BCUT2D eigenvalue weighted by atomic mass is 10.2. The SMILES string of the molecule is N#Cc1ccc(-[n+]2cnn[nH]2)cc1.[Cl-].